The molecule has 7 nitrogen and oxygen atoms in total. The molecule has 5 rings (SSSR count). The van der Waals surface area contributed by atoms with Crippen molar-refractivity contribution in [3.63, 3.8) is 0 Å². The Morgan fingerprint density at radius 3 is 2.15 bits per heavy atom. The molecule has 39 heavy (non-hydrogen) atoms. The second kappa shape index (κ2) is 10.1. The number of nitrogens with zero attached hydrogens (tertiary/aromatic N) is 4. The van der Waals surface area contributed by atoms with Crippen LogP contribution in [0.25, 0.3) is 27.9 Å². The summed E-state index contributed by atoms with van der Waals surface area (Å²) in [6.07, 6.45) is 3.05. The van der Waals surface area contributed by atoms with E-state index in [0.717, 1.165) is 31.9 Å². The van der Waals surface area contributed by atoms with Crippen LogP contribution in [0.4, 0.5) is 10.1 Å². The predicted octanol–water partition coefficient (Wildman–Crippen LogP) is 5.63. The van der Waals surface area contributed by atoms with Gasteiger partial charge >= 0.3 is 5.69 Å². The summed E-state index contributed by atoms with van der Waals surface area (Å²) in [5.74, 6) is -0.945. The highest BCUT2D eigenvalue weighted by molar-refractivity contribution is 6.33. The molecular weight excluding hydrogens is 519 g/mol. The van der Waals surface area contributed by atoms with Crippen LogP contribution in [-0.2, 0) is 7.05 Å². The molecular formula is C30H32ClFN4O3. The first-order valence-electron chi connectivity index (χ1n) is 12.8. The minimum atomic E-state index is -0.541. The minimum absolute atomic E-state index is 0.0832. The van der Waals surface area contributed by atoms with Crippen molar-refractivity contribution in [1.82, 2.24) is 14.0 Å². The Kier molecular flexibility index (Phi) is 6.95. The van der Waals surface area contributed by atoms with Gasteiger partial charge in [-0.05, 0) is 68.3 Å². The van der Waals surface area contributed by atoms with Crippen molar-refractivity contribution in [3.8, 4) is 39.4 Å². The lowest BCUT2D eigenvalue weighted by molar-refractivity contribution is 0.128. The molecule has 0 amide bonds. The molecule has 1 aliphatic heterocycles. The number of imidazole rings is 1. The van der Waals surface area contributed by atoms with E-state index in [-0.39, 0.29) is 39.0 Å². The molecule has 4 aromatic rings. The van der Waals surface area contributed by atoms with Crippen molar-refractivity contribution in [1.29, 1.82) is 0 Å². The third-order valence-corrected chi connectivity index (χ3v) is 7.66. The maximum atomic E-state index is 14.9. The number of aromatic hydroxyl groups is 2. The van der Waals surface area contributed by atoms with Crippen LogP contribution in [0.1, 0.15) is 20.8 Å². The first-order valence-corrected chi connectivity index (χ1v) is 13.2. The van der Waals surface area contributed by atoms with Crippen LogP contribution in [0.15, 0.2) is 65.7 Å². The summed E-state index contributed by atoms with van der Waals surface area (Å²) in [5.41, 5.74) is 2.35. The lowest BCUT2D eigenvalue weighted by Gasteiger charge is -2.43. The summed E-state index contributed by atoms with van der Waals surface area (Å²) >= 11 is 6.48. The van der Waals surface area contributed by atoms with Crippen LogP contribution >= 0.6 is 11.6 Å². The standard InChI is InChI=1S/C30H32ClFN4O3/c1-30(2,3)35-11-9-34(10-12-35)22-7-5-6-19(14-22)23-17-21(32)18-24(28(23)38)20-15-25(31)27(26(37)16-20)36-13-8-33(4)29(36)39/h5-8,13-18,37-38H,9-12H2,1-4H3. The SMILES string of the molecule is Cn1ccn(-c2c(O)cc(-c3cc(F)cc(-c4cccc(N5CCN(C(C)(C)C)CC5)c4)c3O)cc2Cl)c1=O. The van der Waals surface area contributed by atoms with Gasteiger partial charge in [0.05, 0.1) is 5.02 Å². The average Bonchev–Trinajstić information content (AvgIpc) is 3.22. The molecule has 0 aliphatic carbocycles. The number of hydrogen-bond donors (Lipinski definition) is 2. The highest BCUT2D eigenvalue weighted by Crippen LogP contribution is 2.43. The number of piperazine rings is 1. The van der Waals surface area contributed by atoms with Crippen LogP contribution in [-0.4, -0.2) is 56.0 Å². The predicted molar refractivity (Wildman–Crippen MR) is 154 cm³/mol. The largest absolute Gasteiger partial charge is 0.507 e. The molecule has 3 aromatic carbocycles. The summed E-state index contributed by atoms with van der Waals surface area (Å²) < 4.78 is 17.5. The first-order chi connectivity index (χ1) is 18.4. The van der Waals surface area contributed by atoms with E-state index in [1.54, 1.807) is 13.2 Å². The number of phenolic OH excluding ortho intramolecular Hbond substituents is 2. The van der Waals surface area contributed by atoms with Gasteiger partial charge in [-0.15, -0.1) is 0 Å². The van der Waals surface area contributed by atoms with Crippen LogP contribution in [0.2, 0.25) is 5.02 Å². The molecule has 1 saturated heterocycles. The van der Waals surface area contributed by atoms with E-state index in [1.807, 2.05) is 24.3 Å². The highest BCUT2D eigenvalue weighted by atomic mass is 35.5. The third kappa shape index (κ3) is 5.14. The Balaban J connectivity index is 1.50. The van der Waals surface area contributed by atoms with Crippen molar-refractivity contribution in [2.45, 2.75) is 26.3 Å². The van der Waals surface area contributed by atoms with Crippen LogP contribution in [0.3, 0.4) is 0 Å². The molecule has 2 N–H and O–H groups in total. The summed E-state index contributed by atoms with van der Waals surface area (Å²) in [6, 6.07) is 13.1. The molecule has 0 radical (unpaired) electrons. The second-order valence-corrected chi connectivity index (χ2v) is 11.3. The van der Waals surface area contributed by atoms with Gasteiger partial charge in [0.15, 0.2) is 0 Å². The zero-order valence-corrected chi connectivity index (χ0v) is 23.2. The van der Waals surface area contributed by atoms with Crippen LogP contribution in [0, 0.1) is 5.82 Å². The number of hydrogen-bond acceptors (Lipinski definition) is 5. The topological polar surface area (TPSA) is 73.9 Å². The summed E-state index contributed by atoms with van der Waals surface area (Å²) in [6.45, 7) is 10.3. The number of halogens is 2. The van der Waals surface area contributed by atoms with Gasteiger partial charge in [0.25, 0.3) is 0 Å². The van der Waals surface area contributed by atoms with Crippen molar-refractivity contribution in [2.75, 3.05) is 31.1 Å². The van der Waals surface area contributed by atoms with Gasteiger partial charge < -0.3 is 19.7 Å². The van der Waals surface area contributed by atoms with E-state index in [4.69, 9.17) is 11.6 Å². The normalized spacial score (nSPS) is 14.7. The van der Waals surface area contributed by atoms with Crippen molar-refractivity contribution in [2.24, 2.45) is 7.05 Å². The quantitative estimate of drug-likeness (QED) is 0.344. The van der Waals surface area contributed by atoms with Crippen molar-refractivity contribution < 1.29 is 14.6 Å². The number of aromatic nitrogens is 2. The molecule has 9 heteroatoms. The molecule has 204 valence electrons. The van der Waals surface area contributed by atoms with Crippen LogP contribution in [0.5, 0.6) is 11.5 Å². The number of rotatable bonds is 4. The minimum Gasteiger partial charge on any atom is -0.507 e. The lowest BCUT2D eigenvalue weighted by atomic mass is 9.96. The van der Waals surface area contributed by atoms with E-state index >= 15 is 0 Å². The van der Waals surface area contributed by atoms with E-state index in [1.165, 1.54) is 39.6 Å². The van der Waals surface area contributed by atoms with Crippen molar-refractivity contribution in [3.05, 3.63) is 82.2 Å². The molecule has 0 spiro atoms. The Labute approximate surface area is 231 Å². The number of benzene rings is 3. The highest BCUT2D eigenvalue weighted by Gasteiger charge is 2.26. The monoisotopic (exact) mass is 550 g/mol. The van der Waals surface area contributed by atoms with E-state index in [0.29, 0.717) is 16.7 Å². The molecule has 1 aliphatic rings. The number of anilines is 1. The fraction of sp³-hybridized carbons (Fsp3) is 0.300. The van der Waals surface area contributed by atoms with Gasteiger partial charge in [-0.3, -0.25) is 9.47 Å². The maximum Gasteiger partial charge on any atom is 0.332 e. The third-order valence-electron chi connectivity index (χ3n) is 7.37. The van der Waals surface area contributed by atoms with Gasteiger partial charge in [-0.2, -0.15) is 0 Å². The zero-order chi connectivity index (χ0) is 28.1. The van der Waals surface area contributed by atoms with Crippen molar-refractivity contribution >= 4 is 17.3 Å². The molecule has 0 bridgehead atoms. The van der Waals surface area contributed by atoms with Gasteiger partial charge in [-0.1, -0.05) is 23.7 Å². The molecule has 0 saturated carbocycles. The Morgan fingerprint density at radius 1 is 0.897 bits per heavy atom. The van der Waals surface area contributed by atoms with E-state index in [2.05, 4.69) is 30.6 Å². The average molecular weight is 551 g/mol. The second-order valence-electron chi connectivity index (χ2n) is 10.9. The van der Waals surface area contributed by atoms with E-state index < -0.39 is 5.82 Å². The van der Waals surface area contributed by atoms with Gasteiger partial charge in [-0.25, -0.2) is 9.18 Å². The fourth-order valence-electron chi connectivity index (χ4n) is 5.16. The Bertz CT molecular complexity index is 1570. The first kappa shape index (κ1) is 26.8. The number of aryl methyl sites for hydroxylation is 1. The molecule has 0 unspecified atom stereocenters. The van der Waals surface area contributed by atoms with Gasteiger partial charge in [0.1, 0.15) is 23.0 Å². The van der Waals surface area contributed by atoms with Gasteiger partial charge in [0, 0.05) is 68.0 Å². The Hall–Kier alpha value is -3.75. The molecule has 0 atom stereocenters. The van der Waals surface area contributed by atoms with Crippen LogP contribution < -0.4 is 10.6 Å². The summed E-state index contributed by atoms with van der Waals surface area (Å²) in [4.78, 5) is 17.1. The lowest BCUT2D eigenvalue weighted by Crippen LogP contribution is -2.53. The molecule has 2 heterocycles. The maximum absolute atomic E-state index is 14.9. The summed E-state index contributed by atoms with van der Waals surface area (Å²) in [7, 11) is 1.59. The summed E-state index contributed by atoms with van der Waals surface area (Å²) in [5, 5.41) is 22.2. The number of phenols is 2. The molecule has 1 fully saturated rings. The van der Waals surface area contributed by atoms with Gasteiger partial charge in [0.2, 0.25) is 0 Å². The smallest absolute Gasteiger partial charge is 0.332 e. The fourth-order valence-corrected chi connectivity index (χ4v) is 5.46. The Morgan fingerprint density at radius 2 is 1.56 bits per heavy atom. The zero-order valence-electron chi connectivity index (χ0n) is 22.4. The van der Waals surface area contributed by atoms with E-state index in [9.17, 15) is 19.4 Å². The molecule has 1 aromatic heterocycles.